The fourth-order valence-electron chi connectivity index (χ4n) is 2.25. The molecule has 2 aromatic rings. The summed E-state index contributed by atoms with van der Waals surface area (Å²) in [6.07, 6.45) is 2.45. The van der Waals surface area contributed by atoms with Crippen molar-refractivity contribution in [3.05, 3.63) is 70.3 Å². The van der Waals surface area contributed by atoms with E-state index < -0.39 is 11.6 Å². The maximum absolute atomic E-state index is 13.9. The van der Waals surface area contributed by atoms with Crippen molar-refractivity contribution in [2.24, 2.45) is 0 Å². The molecule has 0 radical (unpaired) electrons. The largest absolute Gasteiger partial charge is 0.205 e. The second-order valence-corrected chi connectivity index (χ2v) is 5.32. The van der Waals surface area contributed by atoms with Gasteiger partial charge in [-0.15, -0.1) is 0 Å². The van der Waals surface area contributed by atoms with Crippen molar-refractivity contribution in [1.29, 1.82) is 5.26 Å². The zero-order valence-corrected chi connectivity index (χ0v) is 12.2. The SMILES string of the molecule is N#CC#Cc1cc(F)c(C#Cc2ccc(C3CC3)cc2)c(F)c1. The summed E-state index contributed by atoms with van der Waals surface area (Å²) in [5, 5.41) is 8.36. The van der Waals surface area contributed by atoms with Crippen molar-refractivity contribution in [3.8, 4) is 29.8 Å². The Morgan fingerprint density at radius 2 is 1.52 bits per heavy atom. The third-order valence-corrected chi connectivity index (χ3v) is 3.60. The third kappa shape index (κ3) is 3.57. The van der Waals surface area contributed by atoms with Gasteiger partial charge in [-0.3, -0.25) is 0 Å². The average Bonchev–Trinajstić information content (AvgIpc) is 3.37. The molecule has 0 aliphatic heterocycles. The standard InChI is InChI=1S/C20H11F2N/c21-19-12-15(2-1-11-23)13-20(22)18(19)10-5-14-3-6-16(7-4-14)17-8-9-17/h3-4,6-7,12-13,17H,8-9H2. The second-order valence-electron chi connectivity index (χ2n) is 5.32. The van der Waals surface area contributed by atoms with Gasteiger partial charge in [0.25, 0.3) is 0 Å². The van der Waals surface area contributed by atoms with Crippen LogP contribution in [0.15, 0.2) is 36.4 Å². The van der Waals surface area contributed by atoms with Gasteiger partial charge in [0.1, 0.15) is 11.6 Å². The summed E-state index contributed by atoms with van der Waals surface area (Å²) >= 11 is 0. The molecule has 0 saturated heterocycles. The Kier molecular flexibility index (Phi) is 4.09. The van der Waals surface area contributed by atoms with E-state index in [1.165, 1.54) is 18.4 Å². The van der Waals surface area contributed by atoms with Gasteiger partial charge in [-0.25, -0.2) is 8.78 Å². The molecule has 2 aromatic carbocycles. The van der Waals surface area contributed by atoms with E-state index in [-0.39, 0.29) is 11.1 Å². The summed E-state index contributed by atoms with van der Waals surface area (Å²) in [5.74, 6) is 8.86. The summed E-state index contributed by atoms with van der Waals surface area (Å²) in [6.45, 7) is 0. The van der Waals surface area contributed by atoms with Crippen molar-refractivity contribution in [1.82, 2.24) is 0 Å². The number of halogens is 2. The molecule has 0 amide bonds. The second kappa shape index (κ2) is 6.35. The normalized spacial score (nSPS) is 12.4. The Morgan fingerprint density at radius 3 is 2.09 bits per heavy atom. The van der Waals surface area contributed by atoms with Crippen LogP contribution in [0.2, 0.25) is 0 Å². The summed E-state index contributed by atoms with van der Waals surface area (Å²) < 4.78 is 27.9. The first kappa shape index (κ1) is 14.8. The molecule has 0 aromatic heterocycles. The van der Waals surface area contributed by atoms with Gasteiger partial charge in [0, 0.05) is 17.0 Å². The van der Waals surface area contributed by atoms with Crippen LogP contribution in [-0.4, -0.2) is 0 Å². The van der Waals surface area contributed by atoms with Crippen LogP contribution >= 0.6 is 0 Å². The van der Waals surface area contributed by atoms with Crippen molar-refractivity contribution in [2.75, 3.05) is 0 Å². The van der Waals surface area contributed by atoms with E-state index >= 15 is 0 Å². The van der Waals surface area contributed by atoms with Crippen LogP contribution in [-0.2, 0) is 0 Å². The summed E-state index contributed by atoms with van der Waals surface area (Å²) in [5.41, 5.74) is 1.81. The molecule has 0 unspecified atom stereocenters. The quantitative estimate of drug-likeness (QED) is 0.727. The van der Waals surface area contributed by atoms with Gasteiger partial charge >= 0.3 is 0 Å². The lowest BCUT2D eigenvalue weighted by molar-refractivity contribution is 0.577. The Labute approximate surface area is 133 Å². The van der Waals surface area contributed by atoms with E-state index in [9.17, 15) is 8.78 Å². The van der Waals surface area contributed by atoms with Gasteiger partial charge in [0.05, 0.1) is 5.56 Å². The highest BCUT2D eigenvalue weighted by Gasteiger charge is 2.22. The Morgan fingerprint density at radius 1 is 0.870 bits per heavy atom. The molecule has 0 bridgehead atoms. The first-order valence-electron chi connectivity index (χ1n) is 7.18. The molecule has 23 heavy (non-hydrogen) atoms. The molecule has 0 heterocycles. The number of rotatable bonds is 1. The van der Waals surface area contributed by atoms with Gasteiger partial charge in [0.2, 0.25) is 0 Å². The first-order valence-corrected chi connectivity index (χ1v) is 7.18. The van der Waals surface area contributed by atoms with E-state index in [1.54, 1.807) is 6.07 Å². The molecule has 110 valence electrons. The van der Waals surface area contributed by atoms with Crippen LogP contribution in [0.4, 0.5) is 8.78 Å². The van der Waals surface area contributed by atoms with Crippen LogP contribution < -0.4 is 0 Å². The zero-order valence-electron chi connectivity index (χ0n) is 12.2. The van der Waals surface area contributed by atoms with E-state index in [0.29, 0.717) is 11.5 Å². The number of hydrogen-bond donors (Lipinski definition) is 0. The number of nitriles is 1. The van der Waals surface area contributed by atoms with Crippen molar-refractivity contribution in [2.45, 2.75) is 18.8 Å². The monoisotopic (exact) mass is 303 g/mol. The molecule has 3 heteroatoms. The molecule has 1 aliphatic rings. The Bertz CT molecular complexity index is 886. The lowest BCUT2D eigenvalue weighted by Crippen LogP contribution is -1.92. The molecule has 1 fully saturated rings. The molecule has 0 N–H and O–H groups in total. The van der Waals surface area contributed by atoms with Gasteiger partial charge < -0.3 is 0 Å². The Balaban J connectivity index is 1.86. The molecular formula is C20H11F2N. The van der Waals surface area contributed by atoms with Crippen molar-refractivity contribution in [3.63, 3.8) is 0 Å². The van der Waals surface area contributed by atoms with Gasteiger partial charge in [0.15, 0.2) is 6.07 Å². The first-order chi connectivity index (χ1) is 11.2. The third-order valence-electron chi connectivity index (χ3n) is 3.60. The van der Waals surface area contributed by atoms with Crippen LogP contribution in [0.3, 0.4) is 0 Å². The highest BCUT2D eigenvalue weighted by Crippen LogP contribution is 2.39. The van der Waals surface area contributed by atoms with Gasteiger partial charge in [-0.1, -0.05) is 29.9 Å². The van der Waals surface area contributed by atoms with Gasteiger partial charge in [-0.05, 0) is 48.6 Å². The minimum atomic E-state index is -0.783. The summed E-state index contributed by atoms with van der Waals surface area (Å²) in [4.78, 5) is 0. The summed E-state index contributed by atoms with van der Waals surface area (Å²) in [6, 6.07) is 11.5. The average molecular weight is 303 g/mol. The number of nitrogens with zero attached hydrogens (tertiary/aromatic N) is 1. The minimum absolute atomic E-state index is 0.112. The van der Waals surface area contributed by atoms with E-state index in [4.69, 9.17) is 5.26 Å². The van der Waals surface area contributed by atoms with Crippen LogP contribution in [0.1, 0.15) is 41.0 Å². The molecule has 3 rings (SSSR count). The molecule has 1 saturated carbocycles. The minimum Gasteiger partial charge on any atom is -0.205 e. The molecule has 0 spiro atoms. The highest BCUT2D eigenvalue weighted by molar-refractivity contribution is 5.48. The van der Waals surface area contributed by atoms with Crippen LogP contribution in [0.5, 0.6) is 0 Å². The predicted molar refractivity (Wildman–Crippen MR) is 83.2 cm³/mol. The van der Waals surface area contributed by atoms with Crippen molar-refractivity contribution < 1.29 is 8.78 Å². The van der Waals surface area contributed by atoms with Crippen LogP contribution in [0.25, 0.3) is 0 Å². The maximum atomic E-state index is 13.9. The topological polar surface area (TPSA) is 23.8 Å². The summed E-state index contributed by atoms with van der Waals surface area (Å²) in [7, 11) is 0. The van der Waals surface area contributed by atoms with E-state index in [1.807, 2.05) is 24.3 Å². The molecular weight excluding hydrogens is 292 g/mol. The Hall–Kier alpha value is -3.09. The lowest BCUT2D eigenvalue weighted by atomic mass is 10.1. The number of benzene rings is 2. The maximum Gasteiger partial charge on any atom is 0.152 e. The van der Waals surface area contributed by atoms with Crippen molar-refractivity contribution >= 4 is 0 Å². The smallest absolute Gasteiger partial charge is 0.152 e. The molecule has 1 nitrogen and oxygen atoms in total. The molecule has 1 aliphatic carbocycles. The van der Waals surface area contributed by atoms with Gasteiger partial charge in [-0.2, -0.15) is 5.26 Å². The predicted octanol–water partition coefficient (Wildman–Crippen LogP) is 4.12. The van der Waals surface area contributed by atoms with Crippen LogP contribution in [0, 0.1) is 46.6 Å². The number of hydrogen-bond acceptors (Lipinski definition) is 1. The fraction of sp³-hybridized carbons (Fsp3) is 0.150. The van der Waals surface area contributed by atoms with E-state index in [2.05, 4.69) is 23.7 Å². The molecule has 0 atom stereocenters. The van der Waals surface area contributed by atoms with E-state index in [0.717, 1.165) is 12.1 Å². The zero-order chi connectivity index (χ0) is 16.2. The highest BCUT2D eigenvalue weighted by atomic mass is 19.1. The lowest BCUT2D eigenvalue weighted by Gasteiger charge is -1.99. The fourth-order valence-corrected chi connectivity index (χ4v) is 2.25.